The molecule has 102 valence electrons. The Morgan fingerprint density at radius 1 is 1.29 bits per heavy atom. The molecule has 1 N–H and O–H groups in total. The summed E-state index contributed by atoms with van der Waals surface area (Å²) >= 11 is 2.11. The zero-order valence-corrected chi connectivity index (χ0v) is 12.9. The molecule has 0 spiro atoms. The van der Waals surface area contributed by atoms with Gasteiger partial charge in [-0.1, -0.05) is 27.7 Å². The summed E-state index contributed by atoms with van der Waals surface area (Å²) in [5.74, 6) is 2.63. The van der Waals surface area contributed by atoms with Crippen molar-refractivity contribution in [3.05, 3.63) is 0 Å². The summed E-state index contributed by atoms with van der Waals surface area (Å²) in [4.78, 5) is 2.50. The van der Waals surface area contributed by atoms with Crippen LogP contribution in [0.4, 0.5) is 0 Å². The average molecular weight is 258 g/mol. The number of hydrogen-bond acceptors (Lipinski definition) is 3. The summed E-state index contributed by atoms with van der Waals surface area (Å²) in [5.41, 5.74) is 0.487. The summed E-state index contributed by atoms with van der Waals surface area (Å²) in [6.07, 6.45) is 2.63. The van der Waals surface area contributed by atoms with Crippen molar-refractivity contribution in [2.24, 2.45) is 5.41 Å². The van der Waals surface area contributed by atoms with E-state index in [9.17, 15) is 0 Å². The standard InChI is InChI=1S/C14H30N2S/c1-5-16(6-2)10-7-9-15-13-12-17-11-8-14(13,3)4/h13,15H,5-12H2,1-4H3. The predicted molar refractivity (Wildman–Crippen MR) is 79.9 cm³/mol. The summed E-state index contributed by atoms with van der Waals surface area (Å²) in [7, 11) is 0. The van der Waals surface area contributed by atoms with Gasteiger partial charge in [0.05, 0.1) is 0 Å². The van der Waals surface area contributed by atoms with Crippen LogP contribution in [0.2, 0.25) is 0 Å². The van der Waals surface area contributed by atoms with E-state index in [1.807, 2.05) is 0 Å². The number of thioether (sulfide) groups is 1. The number of nitrogens with zero attached hydrogens (tertiary/aromatic N) is 1. The van der Waals surface area contributed by atoms with Crippen LogP contribution in [0, 0.1) is 5.41 Å². The first-order valence-electron chi connectivity index (χ1n) is 7.13. The molecule has 0 bridgehead atoms. The molecule has 1 fully saturated rings. The van der Waals surface area contributed by atoms with E-state index in [0.29, 0.717) is 11.5 Å². The molecule has 3 heteroatoms. The highest BCUT2D eigenvalue weighted by atomic mass is 32.2. The van der Waals surface area contributed by atoms with E-state index >= 15 is 0 Å². The van der Waals surface area contributed by atoms with Crippen molar-refractivity contribution in [3.63, 3.8) is 0 Å². The molecule has 0 aromatic heterocycles. The monoisotopic (exact) mass is 258 g/mol. The Kier molecular flexibility index (Phi) is 6.90. The molecule has 0 amide bonds. The molecule has 1 heterocycles. The fourth-order valence-corrected chi connectivity index (χ4v) is 4.03. The Bertz CT molecular complexity index is 202. The topological polar surface area (TPSA) is 15.3 Å². The molecule has 0 aromatic rings. The van der Waals surface area contributed by atoms with Crippen molar-refractivity contribution in [1.82, 2.24) is 10.2 Å². The van der Waals surface area contributed by atoms with Crippen LogP contribution in [-0.2, 0) is 0 Å². The Morgan fingerprint density at radius 2 is 2.00 bits per heavy atom. The molecule has 0 aliphatic carbocycles. The van der Waals surface area contributed by atoms with Crippen LogP contribution in [0.25, 0.3) is 0 Å². The van der Waals surface area contributed by atoms with E-state index in [4.69, 9.17) is 0 Å². The lowest BCUT2D eigenvalue weighted by Gasteiger charge is -2.39. The van der Waals surface area contributed by atoms with Gasteiger partial charge in [-0.25, -0.2) is 0 Å². The van der Waals surface area contributed by atoms with Gasteiger partial charge in [-0.3, -0.25) is 0 Å². The fourth-order valence-electron chi connectivity index (χ4n) is 2.39. The van der Waals surface area contributed by atoms with E-state index in [1.54, 1.807) is 0 Å². The molecule has 1 aliphatic heterocycles. The first kappa shape index (κ1) is 15.3. The molecule has 0 radical (unpaired) electrons. The average Bonchev–Trinajstić information content (AvgIpc) is 2.31. The van der Waals surface area contributed by atoms with Crippen molar-refractivity contribution in [3.8, 4) is 0 Å². The number of hydrogen-bond donors (Lipinski definition) is 1. The van der Waals surface area contributed by atoms with Crippen LogP contribution in [0.15, 0.2) is 0 Å². The van der Waals surface area contributed by atoms with Crippen LogP contribution in [0.5, 0.6) is 0 Å². The van der Waals surface area contributed by atoms with Crippen molar-refractivity contribution in [1.29, 1.82) is 0 Å². The quantitative estimate of drug-likeness (QED) is 0.707. The van der Waals surface area contributed by atoms with Gasteiger partial charge in [-0.2, -0.15) is 11.8 Å². The number of rotatable bonds is 7. The second kappa shape index (κ2) is 7.65. The Labute approximate surface area is 112 Å². The summed E-state index contributed by atoms with van der Waals surface area (Å²) in [6, 6.07) is 0.706. The lowest BCUT2D eigenvalue weighted by Crippen LogP contribution is -2.47. The van der Waals surface area contributed by atoms with Crippen LogP contribution in [0.1, 0.15) is 40.5 Å². The van der Waals surface area contributed by atoms with E-state index < -0.39 is 0 Å². The highest BCUT2D eigenvalue weighted by molar-refractivity contribution is 7.99. The molecule has 17 heavy (non-hydrogen) atoms. The van der Waals surface area contributed by atoms with Crippen molar-refractivity contribution in [2.75, 3.05) is 37.7 Å². The van der Waals surface area contributed by atoms with Crippen LogP contribution >= 0.6 is 11.8 Å². The van der Waals surface area contributed by atoms with Gasteiger partial charge in [0.2, 0.25) is 0 Å². The third kappa shape index (κ3) is 5.19. The third-order valence-electron chi connectivity index (χ3n) is 4.05. The zero-order chi connectivity index (χ0) is 12.7. The maximum atomic E-state index is 3.77. The van der Waals surface area contributed by atoms with Gasteiger partial charge in [0.25, 0.3) is 0 Å². The lowest BCUT2D eigenvalue weighted by molar-refractivity contribution is 0.238. The molecule has 1 atom stereocenters. The molecular weight excluding hydrogens is 228 g/mol. The molecule has 0 aromatic carbocycles. The largest absolute Gasteiger partial charge is 0.313 e. The minimum atomic E-state index is 0.487. The molecule has 1 aliphatic rings. The maximum Gasteiger partial charge on any atom is 0.0209 e. The first-order chi connectivity index (χ1) is 8.10. The summed E-state index contributed by atoms with van der Waals surface area (Å²) < 4.78 is 0. The van der Waals surface area contributed by atoms with E-state index in [2.05, 4.69) is 49.7 Å². The van der Waals surface area contributed by atoms with Gasteiger partial charge >= 0.3 is 0 Å². The molecule has 0 saturated carbocycles. The maximum absolute atomic E-state index is 3.77. The Balaban J connectivity index is 2.17. The Morgan fingerprint density at radius 3 is 2.59 bits per heavy atom. The minimum absolute atomic E-state index is 0.487. The van der Waals surface area contributed by atoms with Crippen molar-refractivity contribution in [2.45, 2.75) is 46.6 Å². The van der Waals surface area contributed by atoms with Crippen LogP contribution in [0.3, 0.4) is 0 Å². The van der Waals surface area contributed by atoms with E-state index in [-0.39, 0.29) is 0 Å². The van der Waals surface area contributed by atoms with Gasteiger partial charge in [-0.15, -0.1) is 0 Å². The van der Waals surface area contributed by atoms with Crippen molar-refractivity contribution < 1.29 is 0 Å². The van der Waals surface area contributed by atoms with Crippen LogP contribution < -0.4 is 5.32 Å². The normalized spacial score (nSPS) is 24.2. The highest BCUT2D eigenvalue weighted by Gasteiger charge is 2.31. The van der Waals surface area contributed by atoms with Gasteiger partial charge in [-0.05, 0) is 50.2 Å². The van der Waals surface area contributed by atoms with Gasteiger partial charge in [0.15, 0.2) is 0 Å². The van der Waals surface area contributed by atoms with Gasteiger partial charge in [0, 0.05) is 11.8 Å². The molecule has 1 saturated heterocycles. The summed E-state index contributed by atoms with van der Waals surface area (Å²) in [5, 5.41) is 3.77. The molecule has 1 unspecified atom stereocenters. The fraction of sp³-hybridized carbons (Fsp3) is 1.00. The van der Waals surface area contributed by atoms with Gasteiger partial charge < -0.3 is 10.2 Å². The van der Waals surface area contributed by atoms with Crippen molar-refractivity contribution >= 4 is 11.8 Å². The molecular formula is C14H30N2S. The molecule has 2 nitrogen and oxygen atoms in total. The third-order valence-corrected chi connectivity index (χ3v) is 5.12. The highest BCUT2D eigenvalue weighted by Crippen LogP contribution is 2.33. The smallest absolute Gasteiger partial charge is 0.0209 e. The summed E-state index contributed by atoms with van der Waals surface area (Å²) in [6.45, 7) is 14.1. The Hall–Kier alpha value is 0.270. The second-order valence-corrected chi connectivity index (χ2v) is 6.85. The minimum Gasteiger partial charge on any atom is -0.313 e. The van der Waals surface area contributed by atoms with E-state index in [1.165, 1.54) is 50.5 Å². The zero-order valence-electron chi connectivity index (χ0n) is 12.1. The van der Waals surface area contributed by atoms with Gasteiger partial charge in [0.1, 0.15) is 0 Å². The number of nitrogens with one attached hydrogen (secondary N) is 1. The lowest BCUT2D eigenvalue weighted by atomic mass is 9.82. The molecule has 1 rings (SSSR count). The SMILES string of the molecule is CCN(CC)CCCNC1CSCCC1(C)C. The van der Waals surface area contributed by atoms with Crippen LogP contribution in [-0.4, -0.2) is 48.6 Å². The van der Waals surface area contributed by atoms with E-state index in [0.717, 1.165) is 0 Å². The predicted octanol–water partition coefficient (Wildman–Crippen LogP) is 2.84. The first-order valence-corrected chi connectivity index (χ1v) is 8.29. The second-order valence-electron chi connectivity index (χ2n) is 5.70.